The number of pyridine rings is 1. The lowest BCUT2D eigenvalue weighted by atomic mass is 9.96. The highest BCUT2D eigenvalue weighted by atomic mass is 32.2. The van der Waals surface area contributed by atoms with E-state index in [1.807, 2.05) is 30.5 Å². The second-order valence-electron chi connectivity index (χ2n) is 8.40. The number of benzene rings is 1. The molecular formula is C26H26F3N3OS. The third kappa shape index (κ3) is 6.26. The second kappa shape index (κ2) is 10.0. The number of nitrogens with zero attached hydrogens (tertiary/aromatic N) is 1. The number of hydrogen-bond acceptors (Lipinski definition) is 4. The summed E-state index contributed by atoms with van der Waals surface area (Å²) >= 11 is 0. The zero-order valence-corrected chi connectivity index (χ0v) is 19.9. The van der Waals surface area contributed by atoms with Gasteiger partial charge in [-0.2, -0.15) is 23.7 Å². The zero-order chi connectivity index (χ0) is 25.1. The molecule has 3 aromatic rings. The van der Waals surface area contributed by atoms with Crippen LogP contribution in [0.15, 0.2) is 65.8 Å². The molecule has 0 bridgehead atoms. The number of aliphatic hydroxyl groups is 1. The minimum Gasteiger partial charge on any atom is -0.389 e. The molecule has 2 unspecified atom stereocenters. The van der Waals surface area contributed by atoms with Crippen LogP contribution in [0.1, 0.15) is 25.0 Å². The molecule has 8 heteroatoms. The maximum Gasteiger partial charge on any atom is 0.418 e. The summed E-state index contributed by atoms with van der Waals surface area (Å²) < 4.78 is 40.6. The number of halogens is 3. The van der Waals surface area contributed by atoms with Gasteiger partial charge >= 0.3 is 6.18 Å². The molecule has 0 aliphatic heterocycles. The first-order valence-electron chi connectivity index (χ1n) is 10.3. The van der Waals surface area contributed by atoms with E-state index in [0.29, 0.717) is 11.3 Å². The van der Waals surface area contributed by atoms with Crippen LogP contribution in [0.25, 0.3) is 16.8 Å². The van der Waals surface area contributed by atoms with Gasteiger partial charge in [-0.15, -0.1) is 0 Å². The van der Waals surface area contributed by atoms with Crippen LogP contribution in [0.5, 0.6) is 0 Å². The van der Waals surface area contributed by atoms with E-state index < -0.39 is 23.4 Å². The van der Waals surface area contributed by atoms with Crippen molar-refractivity contribution < 1.29 is 18.3 Å². The molecule has 0 saturated heterocycles. The van der Waals surface area contributed by atoms with Crippen LogP contribution in [0, 0.1) is 12.1 Å². The van der Waals surface area contributed by atoms with E-state index in [4.69, 9.17) is 5.73 Å². The van der Waals surface area contributed by atoms with Gasteiger partial charge in [-0.3, -0.25) is 4.98 Å². The molecule has 0 amide bonds. The number of alkyl halides is 3. The molecule has 0 spiro atoms. The Balaban J connectivity index is 2.02. The van der Waals surface area contributed by atoms with Crippen LogP contribution in [-0.2, 0) is 6.18 Å². The summed E-state index contributed by atoms with van der Waals surface area (Å²) in [5.74, 6) is 4.04. The van der Waals surface area contributed by atoms with Crippen LogP contribution >= 0.6 is 10.5 Å². The third-order valence-electron chi connectivity index (χ3n) is 5.17. The maximum atomic E-state index is 13.5. The van der Waals surface area contributed by atoms with Crippen molar-refractivity contribution in [2.45, 2.75) is 36.6 Å². The summed E-state index contributed by atoms with van der Waals surface area (Å²) in [5.41, 5.74) is 6.52. The Morgan fingerprint density at radius 2 is 1.88 bits per heavy atom. The van der Waals surface area contributed by atoms with Crippen LogP contribution in [-0.4, -0.2) is 33.9 Å². The van der Waals surface area contributed by atoms with Gasteiger partial charge in [-0.05, 0) is 61.1 Å². The van der Waals surface area contributed by atoms with Crippen LogP contribution in [0.4, 0.5) is 18.9 Å². The van der Waals surface area contributed by atoms with E-state index in [9.17, 15) is 18.3 Å². The normalized spacial score (nSPS) is 14.3. The number of rotatable bonds is 7. The Labute approximate surface area is 200 Å². The van der Waals surface area contributed by atoms with Crippen molar-refractivity contribution in [1.82, 2.24) is 4.98 Å². The molecule has 0 aliphatic carbocycles. The number of aromatic nitrogens is 1. The Kier molecular flexibility index (Phi) is 7.51. The second-order valence-corrected chi connectivity index (χ2v) is 10.1. The predicted octanol–water partition coefficient (Wildman–Crippen LogP) is 5.61. The molecule has 0 aliphatic rings. The molecular weight excluding hydrogens is 459 g/mol. The molecule has 1 aromatic heterocycles. The number of nitrogens with two attached hydrogens (primary N) is 1. The minimum absolute atomic E-state index is 0.212. The summed E-state index contributed by atoms with van der Waals surface area (Å²) in [7, 11) is -0.214. The van der Waals surface area contributed by atoms with Gasteiger partial charge < -0.3 is 16.2 Å². The fourth-order valence-corrected chi connectivity index (χ4v) is 3.64. The Bertz CT molecular complexity index is 1200. The predicted molar refractivity (Wildman–Crippen MR) is 134 cm³/mol. The van der Waals surface area contributed by atoms with Crippen molar-refractivity contribution in [3.05, 3.63) is 84.2 Å². The number of anilines is 1. The van der Waals surface area contributed by atoms with Crippen molar-refractivity contribution in [3.63, 3.8) is 0 Å². The number of nitrogens with one attached hydrogen (secondary N) is 1. The van der Waals surface area contributed by atoms with Crippen molar-refractivity contribution >= 4 is 27.7 Å². The average molecular weight is 486 g/mol. The molecule has 0 saturated carbocycles. The van der Waals surface area contributed by atoms with Gasteiger partial charge in [-0.1, -0.05) is 42.3 Å². The SMILES string of the molecule is C=S(C)c1c#ccc(-c2ccc(/C(=C/C(N)C(C)(C)O)Nc3cnccc3C(F)(F)F)cc2)c1. The van der Waals surface area contributed by atoms with Crippen LogP contribution in [0.2, 0.25) is 0 Å². The molecule has 4 N–H and O–H groups in total. The molecule has 2 atom stereocenters. The van der Waals surface area contributed by atoms with E-state index in [1.54, 1.807) is 12.1 Å². The van der Waals surface area contributed by atoms with Crippen molar-refractivity contribution in [2.75, 3.05) is 11.6 Å². The highest BCUT2D eigenvalue weighted by molar-refractivity contribution is 8.13. The van der Waals surface area contributed by atoms with Gasteiger partial charge in [0.05, 0.1) is 34.0 Å². The van der Waals surface area contributed by atoms with Gasteiger partial charge in [0, 0.05) is 11.9 Å². The molecule has 4 nitrogen and oxygen atoms in total. The molecule has 0 fully saturated rings. The van der Waals surface area contributed by atoms with Gasteiger partial charge in [0.15, 0.2) is 0 Å². The lowest BCUT2D eigenvalue weighted by molar-refractivity contribution is -0.137. The summed E-state index contributed by atoms with van der Waals surface area (Å²) in [6, 6.07) is 17.2. The Morgan fingerprint density at radius 3 is 2.47 bits per heavy atom. The lowest BCUT2D eigenvalue weighted by Crippen LogP contribution is -2.41. The summed E-state index contributed by atoms with van der Waals surface area (Å²) in [4.78, 5) is 4.78. The summed E-state index contributed by atoms with van der Waals surface area (Å²) in [5, 5.41) is 13.1. The average Bonchev–Trinajstić information content (AvgIpc) is 2.78. The van der Waals surface area contributed by atoms with Gasteiger partial charge in [0.25, 0.3) is 0 Å². The fourth-order valence-electron chi connectivity index (χ4n) is 3.08. The Morgan fingerprint density at radius 1 is 1.21 bits per heavy atom. The van der Waals surface area contributed by atoms with E-state index >= 15 is 0 Å². The fraction of sp³-hybridized carbons (Fsp3) is 0.231. The highest BCUT2D eigenvalue weighted by Crippen LogP contribution is 2.36. The Hall–Kier alpha value is -3.12. The lowest BCUT2D eigenvalue weighted by Gasteiger charge is -2.25. The molecule has 3 rings (SSSR count). The molecule has 178 valence electrons. The first kappa shape index (κ1) is 25.5. The first-order valence-corrected chi connectivity index (χ1v) is 12.1. The van der Waals surface area contributed by atoms with E-state index in [1.165, 1.54) is 19.9 Å². The van der Waals surface area contributed by atoms with Crippen LogP contribution in [0.3, 0.4) is 0 Å². The van der Waals surface area contributed by atoms with Crippen molar-refractivity contribution in [1.29, 1.82) is 0 Å². The standard InChI is InChI=1S/C26H26F3N3OS/c1-25(2,33)24(30)15-22(32-23-16-31-13-12-21(23)26(27,28)29)18-10-8-17(9-11-18)19-6-5-7-20(14-19)34(3)4/h6,8-16,24,32-33H,3,30H2,1-2,4H3/b22-15-. The van der Waals surface area contributed by atoms with E-state index in [-0.39, 0.29) is 16.2 Å². The molecule has 2 aromatic carbocycles. The first-order chi connectivity index (χ1) is 15.9. The van der Waals surface area contributed by atoms with E-state index in [2.05, 4.69) is 28.3 Å². The largest absolute Gasteiger partial charge is 0.418 e. The maximum absolute atomic E-state index is 13.5. The van der Waals surface area contributed by atoms with Gasteiger partial charge in [0.2, 0.25) is 0 Å². The summed E-state index contributed by atoms with van der Waals surface area (Å²) in [6.45, 7) is 3.07. The smallest absolute Gasteiger partial charge is 0.389 e. The third-order valence-corrected chi connectivity index (χ3v) is 6.14. The van der Waals surface area contributed by atoms with Crippen molar-refractivity contribution in [3.8, 4) is 11.1 Å². The van der Waals surface area contributed by atoms with Crippen molar-refractivity contribution in [2.24, 2.45) is 5.73 Å². The van der Waals surface area contributed by atoms with Crippen LogP contribution < -0.4 is 11.1 Å². The number of hydrogen-bond donors (Lipinski definition) is 3. The molecule has 0 radical (unpaired) electrons. The summed E-state index contributed by atoms with van der Waals surface area (Å²) in [6.07, 6.45) is 1.14. The topological polar surface area (TPSA) is 71.2 Å². The zero-order valence-electron chi connectivity index (χ0n) is 19.1. The monoisotopic (exact) mass is 485 g/mol. The van der Waals surface area contributed by atoms with E-state index in [0.717, 1.165) is 34.5 Å². The molecule has 34 heavy (non-hydrogen) atoms. The van der Waals surface area contributed by atoms with Gasteiger partial charge in [0.1, 0.15) is 0 Å². The quantitative estimate of drug-likeness (QED) is 0.381. The highest BCUT2D eigenvalue weighted by Gasteiger charge is 2.34. The molecule has 1 heterocycles. The minimum atomic E-state index is -4.57. The van der Waals surface area contributed by atoms with Gasteiger partial charge in [-0.25, -0.2) is 0 Å².